The predicted octanol–water partition coefficient (Wildman–Crippen LogP) is 2.79. The van der Waals surface area contributed by atoms with Crippen LogP contribution in [0, 0.1) is 0 Å². The third-order valence-corrected chi connectivity index (χ3v) is 4.24. The number of nitrogens with zero attached hydrogens (tertiary/aromatic N) is 3. The molecule has 0 bridgehead atoms. The average Bonchev–Trinajstić information content (AvgIpc) is 3.18. The molecule has 0 radical (unpaired) electrons. The highest BCUT2D eigenvalue weighted by Crippen LogP contribution is 2.31. The van der Waals surface area contributed by atoms with Gasteiger partial charge in [0, 0.05) is 13.1 Å². The van der Waals surface area contributed by atoms with E-state index in [2.05, 4.69) is 15.3 Å². The van der Waals surface area contributed by atoms with Crippen molar-refractivity contribution in [1.29, 1.82) is 0 Å². The molecule has 0 saturated carbocycles. The number of hydrogen-bond donors (Lipinski definition) is 0. The lowest BCUT2D eigenvalue weighted by molar-refractivity contribution is 0.122. The summed E-state index contributed by atoms with van der Waals surface area (Å²) in [6, 6.07) is 5.76. The van der Waals surface area contributed by atoms with E-state index in [4.69, 9.17) is 14.1 Å². The lowest BCUT2D eigenvalue weighted by Gasteiger charge is -2.28. The first-order chi connectivity index (χ1) is 9.92. The Labute approximate surface area is 119 Å². The summed E-state index contributed by atoms with van der Waals surface area (Å²) in [5, 5.41) is 2.05. The molecule has 20 heavy (non-hydrogen) atoms. The molecular formula is C14H13N3O2S. The van der Waals surface area contributed by atoms with E-state index in [0.29, 0.717) is 11.6 Å². The quantitative estimate of drug-likeness (QED) is 0.725. The molecule has 0 amide bonds. The van der Waals surface area contributed by atoms with Crippen LogP contribution in [0.25, 0.3) is 21.8 Å². The molecule has 0 atom stereocenters. The molecule has 1 aliphatic heterocycles. The fraction of sp³-hybridized carbons (Fsp3) is 0.286. The number of rotatable bonds is 2. The maximum atomic E-state index is 5.42. The number of anilines is 1. The minimum atomic E-state index is 0.641. The van der Waals surface area contributed by atoms with Crippen LogP contribution in [-0.4, -0.2) is 36.3 Å². The van der Waals surface area contributed by atoms with Crippen molar-refractivity contribution in [2.75, 3.05) is 31.2 Å². The Hall–Kier alpha value is -1.92. The number of morpholine rings is 1. The highest BCUT2D eigenvalue weighted by atomic mass is 32.1. The normalized spacial score (nSPS) is 15.9. The van der Waals surface area contributed by atoms with Crippen LogP contribution in [0.3, 0.4) is 0 Å². The molecule has 5 nitrogen and oxygen atoms in total. The number of thiophene rings is 1. The molecular weight excluding hydrogens is 274 g/mol. The predicted molar refractivity (Wildman–Crippen MR) is 78.1 cm³/mol. The van der Waals surface area contributed by atoms with Crippen LogP contribution in [0.4, 0.5) is 5.82 Å². The highest BCUT2D eigenvalue weighted by Gasteiger charge is 2.19. The summed E-state index contributed by atoms with van der Waals surface area (Å²) in [5.41, 5.74) is 0.970. The summed E-state index contributed by atoms with van der Waals surface area (Å²) >= 11 is 1.68. The van der Waals surface area contributed by atoms with Gasteiger partial charge in [-0.15, -0.1) is 11.3 Å². The van der Waals surface area contributed by atoms with E-state index in [0.717, 1.165) is 42.3 Å². The number of fused-ring (bicyclic) bond motifs is 1. The minimum Gasteiger partial charge on any atom is -0.461 e. The smallest absolute Gasteiger partial charge is 0.198 e. The Morgan fingerprint density at radius 2 is 2.05 bits per heavy atom. The van der Waals surface area contributed by atoms with E-state index in [1.165, 1.54) is 0 Å². The summed E-state index contributed by atoms with van der Waals surface area (Å²) in [6.07, 6.45) is 1.64. The first-order valence-corrected chi connectivity index (χ1v) is 7.41. The SMILES string of the molecule is c1coc(-c2nc(N3CCOCC3)c3sccc3n2)c1. The standard InChI is InChI=1S/C14H13N3O2S/c1-2-11(19-6-1)13-15-10-3-9-20-12(10)14(16-13)17-4-7-18-8-5-17/h1-3,6,9H,4-5,7-8H2. The molecule has 102 valence electrons. The van der Waals surface area contributed by atoms with Gasteiger partial charge in [0.1, 0.15) is 0 Å². The average molecular weight is 287 g/mol. The molecule has 0 aromatic carbocycles. The van der Waals surface area contributed by atoms with Crippen molar-refractivity contribution in [2.45, 2.75) is 0 Å². The van der Waals surface area contributed by atoms with Gasteiger partial charge in [-0.3, -0.25) is 0 Å². The van der Waals surface area contributed by atoms with Crippen molar-refractivity contribution < 1.29 is 9.15 Å². The van der Waals surface area contributed by atoms with Crippen molar-refractivity contribution in [3.63, 3.8) is 0 Å². The molecule has 0 spiro atoms. The molecule has 1 fully saturated rings. The maximum absolute atomic E-state index is 5.42. The Bertz CT molecular complexity index is 717. The van der Waals surface area contributed by atoms with Gasteiger partial charge in [-0.1, -0.05) is 0 Å². The summed E-state index contributed by atoms with van der Waals surface area (Å²) in [5.74, 6) is 2.33. The fourth-order valence-corrected chi connectivity index (χ4v) is 3.20. The first-order valence-electron chi connectivity index (χ1n) is 6.53. The van der Waals surface area contributed by atoms with Gasteiger partial charge in [0.25, 0.3) is 0 Å². The minimum absolute atomic E-state index is 0.641. The van der Waals surface area contributed by atoms with E-state index in [1.807, 2.05) is 18.2 Å². The molecule has 3 aromatic rings. The number of furan rings is 1. The molecule has 0 aliphatic carbocycles. The molecule has 1 saturated heterocycles. The fourth-order valence-electron chi connectivity index (χ4n) is 2.35. The van der Waals surface area contributed by atoms with Crippen LogP contribution in [0.1, 0.15) is 0 Å². The largest absolute Gasteiger partial charge is 0.461 e. The van der Waals surface area contributed by atoms with Crippen molar-refractivity contribution in [3.05, 3.63) is 29.8 Å². The number of ether oxygens (including phenoxy) is 1. The lowest BCUT2D eigenvalue weighted by Crippen LogP contribution is -2.36. The molecule has 1 aliphatic rings. The Kier molecular flexibility index (Phi) is 2.90. The summed E-state index contributed by atoms with van der Waals surface area (Å²) in [6.45, 7) is 3.21. The van der Waals surface area contributed by atoms with Crippen LogP contribution in [0.15, 0.2) is 34.3 Å². The van der Waals surface area contributed by atoms with Gasteiger partial charge < -0.3 is 14.1 Å². The molecule has 4 heterocycles. The van der Waals surface area contributed by atoms with Crippen molar-refractivity contribution in [2.24, 2.45) is 0 Å². The lowest BCUT2D eigenvalue weighted by atomic mass is 10.3. The second-order valence-electron chi connectivity index (χ2n) is 4.58. The van der Waals surface area contributed by atoms with E-state index >= 15 is 0 Å². The van der Waals surface area contributed by atoms with Crippen LogP contribution < -0.4 is 4.90 Å². The van der Waals surface area contributed by atoms with Crippen molar-refractivity contribution >= 4 is 27.4 Å². The second kappa shape index (κ2) is 4.88. The number of aromatic nitrogens is 2. The Morgan fingerprint density at radius 1 is 1.15 bits per heavy atom. The van der Waals surface area contributed by atoms with Gasteiger partial charge >= 0.3 is 0 Å². The van der Waals surface area contributed by atoms with E-state index < -0.39 is 0 Å². The highest BCUT2D eigenvalue weighted by molar-refractivity contribution is 7.17. The van der Waals surface area contributed by atoms with E-state index in [9.17, 15) is 0 Å². The number of hydrogen-bond acceptors (Lipinski definition) is 6. The maximum Gasteiger partial charge on any atom is 0.198 e. The summed E-state index contributed by atoms with van der Waals surface area (Å²) in [7, 11) is 0. The van der Waals surface area contributed by atoms with Gasteiger partial charge in [-0.25, -0.2) is 9.97 Å². The van der Waals surface area contributed by atoms with Crippen LogP contribution in [0.2, 0.25) is 0 Å². The molecule has 0 unspecified atom stereocenters. The topological polar surface area (TPSA) is 51.4 Å². The van der Waals surface area contributed by atoms with Crippen LogP contribution in [-0.2, 0) is 4.74 Å². The molecule has 6 heteroatoms. The van der Waals surface area contributed by atoms with Crippen LogP contribution >= 0.6 is 11.3 Å². The Morgan fingerprint density at radius 3 is 2.85 bits per heavy atom. The van der Waals surface area contributed by atoms with Crippen molar-refractivity contribution in [3.8, 4) is 11.6 Å². The van der Waals surface area contributed by atoms with Gasteiger partial charge in [-0.05, 0) is 23.6 Å². The monoisotopic (exact) mass is 287 g/mol. The third kappa shape index (κ3) is 1.97. The second-order valence-corrected chi connectivity index (χ2v) is 5.50. The van der Waals surface area contributed by atoms with Gasteiger partial charge in [0.15, 0.2) is 17.4 Å². The summed E-state index contributed by atoms with van der Waals surface area (Å²) in [4.78, 5) is 11.6. The zero-order chi connectivity index (χ0) is 13.4. The molecule has 4 rings (SSSR count). The van der Waals surface area contributed by atoms with Gasteiger partial charge in [0.05, 0.1) is 29.7 Å². The van der Waals surface area contributed by atoms with Gasteiger partial charge in [0.2, 0.25) is 0 Å². The summed E-state index contributed by atoms with van der Waals surface area (Å²) < 4.78 is 12.0. The van der Waals surface area contributed by atoms with Crippen LogP contribution in [0.5, 0.6) is 0 Å². The first kappa shape index (κ1) is 11.9. The van der Waals surface area contributed by atoms with E-state index in [1.54, 1.807) is 17.6 Å². The van der Waals surface area contributed by atoms with Crippen molar-refractivity contribution in [1.82, 2.24) is 9.97 Å². The zero-order valence-electron chi connectivity index (χ0n) is 10.8. The Balaban J connectivity index is 1.86. The molecule has 0 N–H and O–H groups in total. The zero-order valence-corrected chi connectivity index (χ0v) is 11.6. The third-order valence-electron chi connectivity index (χ3n) is 3.34. The van der Waals surface area contributed by atoms with Gasteiger partial charge in [-0.2, -0.15) is 0 Å². The molecule has 3 aromatic heterocycles. The van der Waals surface area contributed by atoms with E-state index in [-0.39, 0.29) is 0 Å².